The molecule has 22 N–H and O–H groups in total. The molecule has 0 radical (unpaired) electrons. The molecule has 0 saturated carbocycles. The number of aliphatic hydroxyl groups is 10. The van der Waals surface area contributed by atoms with Crippen LogP contribution in [0.1, 0.15) is 18.7 Å². The van der Waals surface area contributed by atoms with Gasteiger partial charge in [0.15, 0.2) is 36.4 Å². The summed E-state index contributed by atoms with van der Waals surface area (Å²) < 4.78 is 121. The van der Waals surface area contributed by atoms with Crippen molar-refractivity contribution in [1.82, 2.24) is 38.6 Å². The number of nitrogens with two attached hydrogens (primary N) is 1. The van der Waals surface area contributed by atoms with Gasteiger partial charge in [-0.2, -0.15) is 12.9 Å². The number of phosphoric ester groups is 4. The molecule has 4 unspecified atom stereocenters. The van der Waals surface area contributed by atoms with E-state index in [1.54, 1.807) is 0 Å². The summed E-state index contributed by atoms with van der Waals surface area (Å²) in [6.45, 7) is -3.64. The third kappa shape index (κ3) is 19.0. The predicted molar refractivity (Wildman–Crippen MR) is 270 cm³/mol. The van der Waals surface area contributed by atoms with E-state index in [0.29, 0.717) is 0 Å². The molecule has 0 aliphatic carbocycles. The number of phosphoric acid groups is 6. The first-order chi connectivity index (χ1) is 40.5. The molecule has 0 aromatic carbocycles. The second-order valence-corrected chi connectivity index (χ2v) is 26.7. The summed E-state index contributed by atoms with van der Waals surface area (Å²) in [4.78, 5) is 133. The zero-order valence-electron chi connectivity index (χ0n) is 43.2. The number of nitrogen functional groups attached to an aromatic ring is 1. The van der Waals surface area contributed by atoms with Crippen LogP contribution < -0.4 is 28.2 Å². The highest BCUT2D eigenvalue weighted by atomic mass is 31.3. The van der Waals surface area contributed by atoms with Crippen LogP contribution in [0.25, 0.3) is 11.2 Å². The SMILES string of the molecule is Nc1ncnc2c1ncn2[C@@H]1O[C@H](COP(=O)(O)OP(=O)(O)O)[C@@H](O)[C@H]1O.O=c1ccn([C@@H]2O[C@H](COP(=O)(O)OP(=O)(O)O)[C@@H](O)[C@H]2O)c(=O)[nH]1.O=c1ccn([C@@H]2O[C@H](COP(=O)(O)OP(=O)(O)O[C@H]3O[C@H](CO)[C@@H](O)[C@H](O)[C@H]3O)[C@@H](O)[C@H]2O)c(=O)[nH]1. The van der Waals surface area contributed by atoms with E-state index in [1.165, 1.54) is 10.9 Å². The summed E-state index contributed by atoms with van der Waals surface area (Å²) in [5.74, 6) is 0.0856. The molecule has 88 heavy (non-hydrogen) atoms. The Bertz CT molecular complexity index is 3610. The van der Waals surface area contributed by atoms with Gasteiger partial charge in [-0.15, -0.1) is 0 Å². The average molecular weight is 1400 g/mol. The topological polar surface area (TPSA) is 747 Å². The number of hydrogen-bond acceptors (Lipinski definition) is 35. The summed E-state index contributed by atoms with van der Waals surface area (Å²) in [6, 6.07) is 1.89. The molecule has 0 bridgehead atoms. The van der Waals surface area contributed by atoms with E-state index in [4.69, 9.17) is 54.3 Å². The summed E-state index contributed by atoms with van der Waals surface area (Å²) in [5.41, 5.74) is 2.72. The predicted octanol–water partition coefficient (Wildman–Crippen LogP) is -9.16. The van der Waals surface area contributed by atoms with Crippen LogP contribution in [0, 0.1) is 0 Å². The van der Waals surface area contributed by atoms with E-state index in [-0.39, 0.29) is 17.0 Å². The zero-order valence-corrected chi connectivity index (χ0v) is 48.5. The van der Waals surface area contributed by atoms with Gasteiger partial charge in [-0.1, -0.05) is 0 Å². The molecule has 4 aliphatic heterocycles. The van der Waals surface area contributed by atoms with Crippen molar-refractivity contribution in [3.8, 4) is 0 Å². The van der Waals surface area contributed by atoms with Crippen LogP contribution in [0.4, 0.5) is 5.82 Å². The number of H-pyrrole nitrogens is 2. The Morgan fingerprint density at radius 3 is 1.26 bits per heavy atom. The van der Waals surface area contributed by atoms with Crippen molar-refractivity contribution >= 4 is 63.9 Å². The van der Waals surface area contributed by atoms with Crippen LogP contribution in [0.2, 0.25) is 0 Å². The molecule has 8 rings (SSSR count). The van der Waals surface area contributed by atoms with Crippen LogP contribution in [0.15, 0.2) is 56.4 Å². The van der Waals surface area contributed by atoms with Gasteiger partial charge in [0, 0.05) is 24.5 Å². The van der Waals surface area contributed by atoms with Crippen molar-refractivity contribution in [2.45, 2.75) is 104 Å². The normalized spacial score (nSPS) is 32.8. The van der Waals surface area contributed by atoms with Gasteiger partial charge >= 0.3 is 58.3 Å². The molecule has 4 aromatic rings. The Morgan fingerprint density at radius 2 is 0.875 bits per heavy atom. The Balaban J connectivity index is 0.000000215. The van der Waals surface area contributed by atoms with Crippen molar-refractivity contribution in [3.63, 3.8) is 0 Å². The highest BCUT2D eigenvalue weighted by Gasteiger charge is 2.51. The highest BCUT2D eigenvalue weighted by molar-refractivity contribution is 7.61. The molecular formula is C34H53N9O39P6. The van der Waals surface area contributed by atoms with E-state index in [9.17, 15) is 107 Å². The number of ether oxygens (including phenoxy) is 4. The fourth-order valence-corrected chi connectivity index (χ4v) is 13.2. The molecule has 4 aliphatic rings. The lowest BCUT2D eigenvalue weighted by Crippen LogP contribution is -2.58. The molecular weight excluding hydrogens is 1340 g/mol. The smallest absolute Gasteiger partial charge is 0.394 e. The maximum Gasteiger partial charge on any atom is 0.483 e. The maximum absolute atomic E-state index is 12.2. The number of hydrogen-bond donors (Lipinski definition) is 21. The third-order valence-corrected chi connectivity index (χ3v) is 18.7. The minimum absolute atomic E-state index is 0.0856. The number of fused-ring (bicyclic) bond motifs is 1. The number of anilines is 1. The number of nitrogens with zero attached hydrogens (tertiary/aromatic N) is 6. The van der Waals surface area contributed by atoms with Crippen molar-refractivity contribution in [3.05, 3.63) is 78.9 Å². The van der Waals surface area contributed by atoms with Gasteiger partial charge in [-0.3, -0.25) is 51.4 Å². The molecule has 8 heterocycles. The van der Waals surface area contributed by atoms with Crippen LogP contribution in [0.3, 0.4) is 0 Å². The second-order valence-electron chi connectivity index (χ2n) is 18.0. The van der Waals surface area contributed by atoms with Crippen LogP contribution in [0.5, 0.6) is 0 Å². The van der Waals surface area contributed by atoms with Crippen LogP contribution in [-0.2, 0) is 77.4 Å². The minimum Gasteiger partial charge on any atom is -0.394 e. The van der Waals surface area contributed by atoms with E-state index in [2.05, 4.69) is 46.0 Å². The van der Waals surface area contributed by atoms with Gasteiger partial charge in [-0.25, -0.2) is 51.9 Å². The first-order valence-electron chi connectivity index (χ1n) is 23.6. The second kappa shape index (κ2) is 28.8. The van der Waals surface area contributed by atoms with Crippen molar-refractivity contribution in [1.29, 1.82) is 0 Å². The molecule has 4 saturated heterocycles. The standard InChI is InChI=1S/C15H24N2O17P2.C10H15N5O10P2.C9H14N2O12P2/c18-3-5-8(20)10(22)12(24)14(32-5)33-36(28,29)34-35(26,27)30-4-6-9(21)11(23)13(31-6)17-2-1-7(19)16-15(17)25;11-8-5-9(13-2-12-8)15(3-14-5)10-7(17)6(16)4(24-10)1-23-27(21,22)25-26(18,19)20;12-5-1-2-11(9(15)10-5)8-7(14)6(13)4(22-8)3-21-25(19,20)23-24(16,17)18/h1-2,5-6,8-14,18,20-24H,3-4H2,(H,26,27)(H,28,29)(H,16,19,25);2-4,6-7,10,16-17H,1H2,(H,21,22)(H2,11,12,13)(H2,18,19,20);1-2,4,6-8,13-14H,3H2,(H,19,20)(H,10,12,15)(H2,16,17,18)/t5-,6-,8-,9-,10+,11-,12-,13-,14-;4-,6-,7-,10-;4-,6-,7-,8-/m111/s1. The van der Waals surface area contributed by atoms with Crippen molar-refractivity contribution < 1.29 is 168 Å². The molecule has 498 valence electrons. The van der Waals surface area contributed by atoms with Gasteiger partial charge in [0.25, 0.3) is 11.1 Å². The van der Waals surface area contributed by atoms with Gasteiger partial charge < -0.3 is 115 Å². The minimum atomic E-state index is -5.59. The fraction of sp³-hybridized carbons (Fsp3) is 0.618. The van der Waals surface area contributed by atoms with E-state index >= 15 is 0 Å². The lowest BCUT2D eigenvalue weighted by Gasteiger charge is -2.39. The number of aromatic nitrogens is 8. The molecule has 0 amide bonds. The Hall–Kier alpha value is -4.07. The summed E-state index contributed by atoms with van der Waals surface area (Å²) in [7, 11) is -32.0. The number of imidazole rings is 1. The molecule has 54 heteroatoms. The van der Waals surface area contributed by atoms with Crippen molar-refractivity contribution in [2.24, 2.45) is 0 Å². The fourth-order valence-electron chi connectivity index (χ4n) is 7.88. The lowest BCUT2D eigenvalue weighted by atomic mass is 10.00. The van der Waals surface area contributed by atoms with E-state index < -0.39 is 200 Å². The lowest BCUT2D eigenvalue weighted by molar-refractivity contribution is -0.280. The summed E-state index contributed by atoms with van der Waals surface area (Å²) in [6.07, 6.45) is -23.8. The van der Waals surface area contributed by atoms with Gasteiger partial charge in [0.05, 0.1) is 32.8 Å². The Kier molecular flexibility index (Phi) is 23.9. The zero-order chi connectivity index (χ0) is 66.0. The van der Waals surface area contributed by atoms with Gasteiger partial charge in [-0.05, 0) is 0 Å². The average Bonchev–Trinajstić information content (AvgIpc) is 4.11. The summed E-state index contributed by atoms with van der Waals surface area (Å²) >= 11 is 0. The number of aromatic amines is 2. The maximum atomic E-state index is 12.2. The third-order valence-electron chi connectivity index (χ3n) is 11.8. The van der Waals surface area contributed by atoms with E-state index in [0.717, 1.165) is 40.0 Å². The Labute approximate surface area is 484 Å². The van der Waals surface area contributed by atoms with Gasteiger partial charge in [0.1, 0.15) is 91.2 Å². The first kappa shape index (κ1) is 73.0. The monoisotopic (exact) mass is 1400 g/mol. The highest BCUT2D eigenvalue weighted by Crippen LogP contribution is 2.62. The van der Waals surface area contributed by atoms with Crippen LogP contribution >= 0.6 is 46.9 Å². The number of rotatable bonds is 21. The van der Waals surface area contributed by atoms with Crippen molar-refractivity contribution in [2.75, 3.05) is 32.2 Å². The quantitative estimate of drug-likeness (QED) is 0.0345. The van der Waals surface area contributed by atoms with Gasteiger partial charge in [0.2, 0.25) is 0 Å². The Morgan fingerprint density at radius 1 is 0.489 bits per heavy atom. The van der Waals surface area contributed by atoms with E-state index in [1.807, 2.05) is 9.97 Å². The molecule has 0 spiro atoms. The number of nitrogens with one attached hydrogen (secondary N) is 2. The molecule has 21 atom stereocenters. The molecule has 4 fully saturated rings. The summed E-state index contributed by atoms with van der Waals surface area (Å²) in [5, 5.41) is 98.6. The molecule has 48 nitrogen and oxygen atoms in total. The first-order valence-corrected chi connectivity index (χ1v) is 32.7. The molecule has 4 aromatic heterocycles. The largest absolute Gasteiger partial charge is 0.483 e. The van der Waals surface area contributed by atoms with Crippen LogP contribution in [-0.4, -0.2) is 241 Å². The number of aliphatic hydroxyl groups excluding tert-OH is 10.